The number of aromatic nitrogens is 3. The van der Waals surface area contributed by atoms with Crippen LogP contribution in [-0.2, 0) is 11.3 Å². The van der Waals surface area contributed by atoms with Gasteiger partial charge in [0, 0.05) is 38.1 Å². The van der Waals surface area contributed by atoms with Gasteiger partial charge in [-0.3, -0.25) is 9.69 Å². The second-order valence-corrected chi connectivity index (χ2v) is 8.49. The van der Waals surface area contributed by atoms with Crippen molar-refractivity contribution in [3.8, 4) is 17.3 Å². The van der Waals surface area contributed by atoms with E-state index in [1.54, 1.807) is 5.51 Å². The molecule has 1 amide bonds. The van der Waals surface area contributed by atoms with Gasteiger partial charge in [0.2, 0.25) is 5.91 Å². The number of benzene rings is 2. The Bertz CT molecular complexity index is 1170. The average molecular weight is 448 g/mol. The molecular weight excluding hydrogens is 422 g/mol. The Hall–Kier alpha value is -3.23. The Kier molecular flexibility index (Phi) is 6.13. The number of nitrogens with zero attached hydrogens (tertiary/aromatic N) is 5. The molecule has 4 aromatic rings. The quantitative estimate of drug-likeness (QED) is 0.435. The van der Waals surface area contributed by atoms with Gasteiger partial charge in [0.05, 0.1) is 16.5 Å². The van der Waals surface area contributed by atoms with Crippen molar-refractivity contribution in [1.82, 2.24) is 24.3 Å². The van der Waals surface area contributed by atoms with Crippen molar-refractivity contribution in [2.45, 2.75) is 6.54 Å². The minimum atomic E-state index is 0.116. The zero-order chi connectivity index (χ0) is 21.8. The first-order valence-electron chi connectivity index (χ1n) is 10.8. The molecule has 0 bridgehead atoms. The number of hydrogen-bond donors (Lipinski definition) is 0. The van der Waals surface area contributed by atoms with E-state index >= 15 is 0 Å². The molecule has 0 radical (unpaired) electrons. The van der Waals surface area contributed by atoms with Crippen LogP contribution in [0, 0.1) is 0 Å². The summed E-state index contributed by atoms with van der Waals surface area (Å²) in [4.78, 5) is 26.6. The Morgan fingerprint density at radius 2 is 1.78 bits per heavy atom. The zero-order valence-corrected chi connectivity index (χ0v) is 18.6. The van der Waals surface area contributed by atoms with Gasteiger partial charge in [0.15, 0.2) is 5.82 Å². The van der Waals surface area contributed by atoms with Gasteiger partial charge in [0.25, 0.3) is 0 Å². The van der Waals surface area contributed by atoms with E-state index in [2.05, 4.69) is 9.88 Å². The third-order valence-electron chi connectivity index (χ3n) is 5.75. The van der Waals surface area contributed by atoms with E-state index in [-0.39, 0.29) is 12.5 Å². The zero-order valence-electron chi connectivity index (χ0n) is 17.8. The van der Waals surface area contributed by atoms with E-state index in [9.17, 15) is 4.79 Å². The van der Waals surface area contributed by atoms with Crippen LogP contribution in [0.25, 0.3) is 22.6 Å². The van der Waals surface area contributed by atoms with Crippen molar-refractivity contribution >= 4 is 28.3 Å². The van der Waals surface area contributed by atoms with Crippen LogP contribution in [0.2, 0.25) is 0 Å². The summed E-state index contributed by atoms with van der Waals surface area (Å²) in [7, 11) is 0. The van der Waals surface area contributed by atoms with Crippen molar-refractivity contribution < 1.29 is 9.53 Å². The first-order valence-corrected chi connectivity index (χ1v) is 11.7. The summed E-state index contributed by atoms with van der Waals surface area (Å²) in [5.74, 6) is 1.76. The van der Waals surface area contributed by atoms with Crippen LogP contribution in [0.1, 0.15) is 0 Å². The number of fused-ring (bicyclic) bond motifs is 1. The van der Waals surface area contributed by atoms with Crippen molar-refractivity contribution in [2.24, 2.45) is 0 Å². The van der Waals surface area contributed by atoms with E-state index < -0.39 is 0 Å². The van der Waals surface area contributed by atoms with Gasteiger partial charge in [-0.1, -0.05) is 30.3 Å². The maximum Gasteiger partial charge on any atom is 0.242 e. The first-order chi connectivity index (χ1) is 15.8. The van der Waals surface area contributed by atoms with Crippen LogP contribution in [0.5, 0.6) is 5.75 Å². The fraction of sp³-hybridized carbons (Fsp3) is 0.292. The number of imidazole rings is 1. The highest BCUT2D eigenvalue weighted by molar-refractivity contribution is 7.07. The molecule has 8 heteroatoms. The second-order valence-electron chi connectivity index (χ2n) is 7.77. The van der Waals surface area contributed by atoms with Crippen molar-refractivity contribution in [3.05, 3.63) is 65.5 Å². The molecule has 5 rings (SSSR count). The maximum absolute atomic E-state index is 13.2. The number of amides is 1. The molecule has 2 aromatic carbocycles. The Balaban J connectivity index is 1.19. The normalized spacial score (nSPS) is 14.7. The Morgan fingerprint density at radius 3 is 2.56 bits per heavy atom. The highest BCUT2D eigenvalue weighted by Gasteiger charge is 2.23. The molecule has 1 saturated heterocycles. The molecule has 0 unspecified atom stereocenters. The minimum Gasteiger partial charge on any atom is -0.492 e. The molecule has 3 heterocycles. The molecule has 7 nitrogen and oxygen atoms in total. The lowest BCUT2D eigenvalue weighted by Crippen LogP contribution is -2.50. The molecule has 0 atom stereocenters. The number of rotatable bonds is 7. The Morgan fingerprint density at radius 1 is 1.00 bits per heavy atom. The highest BCUT2D eigenvalue weighted by atomic mass is 32.1. The van der Waals surface area contributed by atoms with E-state index in [1.165, 1.54) is 11.3 Å². The summed E-state index contributed by atoms with van der Waals surface area (Å²) in [6.07, 6.45) is 0. The minimum absolute atomic E-state index is 0.116. The fourth-order valence-corrected chi connectivity index (χ4v) is 4.55. The molecule has 32 heavy (non-hydrogen) atoms. The summed E-state index contributed by atoms with van der Waals surface area (Å²) in [6.45, 7) is 4.93. The molecule has 2 aromatic heterocycles. The van der Waals surface area contributed by atoms with Gasteiger partial charge in [-0.2, -0.15) is 0 Å². The van der Waals surface area contributed by atoms with Crippen LogP contribution in [0.4, 0.5) is 0 Å². The smallest absolute Gasteiger partial charge is 0.242 e. The SMILES string of the molecule is O=C(Cn1c(-c2cscn2)nc2ccccc21)N1CCN(CCOc2ccccc2)CC1. The predicted octanol–water partition coefficient (Wildman–Crippen LogP) is 3.38. The number of ether oxygens (including phenoxy) is 1. The number of hydrogen-bond acceptors (Lipinski definition) is 6. The lowest BCUT2D eigenvalue weighted by Gasteiger charge is -2.34. The number of carbonyl (C=O) groups excluding carboxylic acids is 1. The summed E-state index contributed by atoms with van der Waals surface area (Å²) in [6, 6.07) is 17.8. The van der Waals surface area contributed by atoms with E-state index in [1.807, 2.05) is 69.4 Å². The Labute approximate surface area is 190 Å². The monoisotopic (exact) mass is 447 g/mol. The average Bonchev–Trinajstić information content (AvgIpc) is 3.49. The lowest BCUT2D eigenvalue weighted by atomic mass is 10.3. The van der Waals surface area contributed by atoms with Crippen LogP contribution in [0.3, 0.4) is 0 Å². The van der Waals surface area contributed by atoms with E-state index in [4.69, 9.17) is 9.72 Å². The number of carbonyl (C=O) groups is 1. The van der Waals surface area contributed by atoms with Crippen LogP contribution in [-0.4, -0.2) is 69.6 Å². The van der Waals surface area contributed by atoms with Crippen molar-refractivity contribution in [3.63, 3.8) is 0 Å². The van der Waals surface area contributed by atoms with Gasteiger partial charge in [-0.05, 0) is 24.3 Å². The lowest BCUT2D eigenvalue weighted by molar-refractivity contribution is -0.133. The number of para-hydroxylation sites is 3. The largest absolute Gasteiger partial charge is 0.492 e. The second kappa shape index (κ2) is 9.50. The summed E-state index contributed by atoms with van der Waals surface area (Å²) < 4.78 is 7.80. The van der Waals surface area contributed by atoms with Gasteiger partial charge in [-0.25, -0.2) is 9.97 Å². The predicted molar refractivity (Wildman–Crippen MR) is 126 cm³/mol. The topological polar surface area (TPSA) is 63.5 Å². The molecular formula is C24H25N5O2S. The van der Waals surface area contributed by atoms with Crippen LogP contribution < -0.4 is 4.74 Å². The van der Waals surface area contributed by atoms with Crippen LogP contribution in [0.15, 0.2) is 65.5 Å². The molecule has 164 valence electrons. The molecule has 0 N–H and O–H groups in total. The molecule has 0 spiro atoms. The molecule has 1 aliphatic heterocycles. The maximum atomic E-state index is 13.2. The summed E-state index contributed by atoms with van der Waals surface area (Å²) in [5, 5.41) is 1.97. The highest BCUT2D eigenvalue weighted by Crippen LogP contribution is 2.25. The molecule has 1 fully saturated rings. The standard InChI is InChI=1S/C24H25N5O2S/c30-23(28-12-10-27(11-13-28)14-15-31-19-6-2-1-3-7-19)16-29-22-9-5-4-8-20(22)26-24(29)21-17-32-18-25-21/h1-9,17-18H,10-16H2. The molecule has 0 aliphatic carbocycles. The van der Waals surface area contributed by atoms with Gasteiger partial charge >= 0.3 is 0 Å². The molecule has 1 aliphatic rings. The van der Waals surface area contributed by atoms with Gasteiger partial charge in [0.1, 0.15) is 24.6 Å². The van der Waals surface area contributed by atoms with Crippen molar-refractivity contribution in [1.29, 1.82) is 0 Å². The first kappa shape index (κ1) is 20.7. The number of piperazine rings is 1. The van der Waals surface area contributed by atoms with E-state index in [0.29, 0.717) is 6.61 Å². The molecule has 0 saturated carbocycles. The van der Waals surface area contributed by atoms with Gasteiger partial charge < -0.3 is 14.2 Å². The van der Waals surface area contributed by atoms with Gasteiger partial charge in [-0.15, -0.1) is 11.3 Å². The number of thiazole rings is 1. The van der Waals surface area contributed by atoms with Crippen molar-refractivity contribution in [2.75, 3.05) is 39.3 Å². The summed E-state index contributed by atoms with van der Waals surface area (Å²) in [5.41, 5.74) is 4.44. The fourth-order valence-electron chi connectivity index (χ4n) is 4.02. The van der Waals surface area contributed by atoms with E-state index in [0.717, 1.165) is 61.0 Å². The van der Waals surface area contributed by atoms with Crippen LogP contribution >= 0.6 is 11.3 Å². The summed E-state index contributed by atoms with van der Waals surface area (Å²) >= 11 is 1.53. The third-order valence-corrected chi connectivity index (χ3v) is 6.34. The third kappa shape index (κ3) is 4.51.